The second-order valence-corrected chi connectivity index (χ2v) is 5.63. The zero-order chi connectivity index (χ0) is 18.5. The Balaban J connectivity index is 2.22. The molecule has 0 bridgehead atoms. The minimum absolute atomic E-state index is 0.0614. The summed E-state index contributed by atoms with van der Waals surface area (Å²) in [6.45, 7) is 0. The van der Waals surface area contributed by atoms with Gasteiger partial charge in [-0.15, -0.1) is 0 Å². The molecule has 0 amide bonds. The molecule has 3 aromatic carbocycles. The summed E-state index contributed by atoms with van der Waals surface area (Å²) in [5.74, 6) is -0.0629. The fourth-order valence-electron chi connectivity index (χ4n) is 2.65. The number of rotatable bonds is 3. The molecule has 7 N–H and O–H groups in total. The van der Waals surface area contributed by atoms with Crippen molar-refractivity contribution in [2.45, 2.75) is 0 Å². The molecule has 0 radical (unpaired) electrons. The lowest BCUT2D eigenvalue weighted by Gasteiger charge is -2.12. The zero-order valence-electron chi connectivity index (χ0n) is 14.0. The van der Waals surface area contributed by atoms with Crippen LogP contribution in [-0.2, 0) is 0 Å². The molecule has 26 heavy (non-hydrogen) atoms. The average molecular weight is 345 g/mol. The van der Waals surface area contributed by atoms with E-state index in [1.807, 2.05) is 60.7 Å². The van der Waals surface area contributed by atoms with Gasteiger partial charge in [-0.2, -0.15) is 4.99 Å². The molecule has 0 fully saturated rings. The molecule has 0 atom stereocenters. The number of aromatic hydroxyl groups is 1. The Hall–Kier alpha value is -3.80. The van der Waals surface area contributed by atoms with Crippen molar-refractivity contribution < 1.29 is 5.11 Å². The zero-order valence-corrected chi connectivity index (χ0v) is 14.0. The van der Waals surface area contributed by atoms with Crippen molar-refractivity contribution in [1.82, 2.24) is 0 Å². The van der Waals surface area contributed by atoms with E-state index >= 15 is 0 Å². The van der Waals surface area contributed by atoms with Gasteiger partial charge in [0.05, 0.1) is 5.69 Å². The highest BCUT2D eigenvalue weighted by Crippen LogP contribution is 2.41. The van der Waals surface area contributed by atoms with Gasteiger partial charge in [0.15, 0.2) is 5.96 Å². The third kappa shape index (κ3) is 3.81. The standard InChI is InChI=1S/C20H19N5O/c21-19(22)25-20(23)24-15-11-16(13-7-3-1-4-8-13)18(26)17(12-15)14-9-5-2-6-10-14/h1-12,26H,(H6,21,22,23,24,25). The van der Waals surface area contributed by atoms with E-state index in [1.54, 1.807) is 12.1 Å². The molecule has 130 valence electrons. The maximum absolute atomic E-state index is 10.9. The van der Waals surface area contributed by atoms with Gasteiger partial charge in [0.1, 0.15) is 5.75 Å². The van der Waals surface area contributed by atoms with Gasteiger partial charge in [-0.05, 0) is 23.3 Å². The van der Waals surface area contributed by atoms with Crippen LogP contribution in [0.15, 0.2) is 82.8 Å². The van der Waals surface area contributed by atoms with Crippen LogP contribution >= 0.6 is 0 Å². The lowest BCUT2D eigenvalue weighted by Crippen LogP contribution is -2.26. The number of aliphatic imine (C=N–C) groups is 2. The van der Waals surface area contributed by atoms with Crippen LogP contribution in [0.2, 0.25) is 0 Å². The molecule has 3 rings (SSSR count). The number of phenolic OH excluding ortho intramolecular Hbond substituents is 1. The number of guanidine groups is 2. The Bertz CT molecular complexity index is 902. The van der Waals surface area contributed by atoms with Gasteiger partial charge in [-0.25, -0.2) is 4.99 Å². The Morgan fingerprint density at radius 3 is 1.62 bits per heavy atom. The fourth-order valence-corrected chi connectivity index (χ4v) is 2.65. The molecule has 0 aliphatic rings. The summed E-state index contributed by atoms with van der Waals surface area (Å²) in [5.41, 5.74) is 20.0. The van der Waals surface area contributed by atoms with Gasteiger partial charge in [-0.1, -0.05) is 60.7 Å². The van der Waals surface area contributed by atoms with E-state index in [4.69, 9.17) is 17.2 Å². The Morgan fingerprint density at radius 1 is 0.731 bits per heavy atom. The number of nitrogens with two attached hydrogens (primary N) is 3. The van der Waals surface area contributed by atoms with E-state index in [9.17, 15) is 5.11 Å². The SMILES string of the molecule is NC(N)=NC(N)=Nc1cc(-c2ccccc2)c(O)c(-c2ccccc2)c1. The summed E-state index contributed by atoms with van der Waals surface area (Å²) in [7, 11) is 0. The van der Waals surface area contributed by atoms with Crippen LogP contribution in [0.1, 0.15) is 0 Å². The van der Waals surface area contributed by atoms with E-state index in [0.717, 1.165) is 11.1 Å². The number of hydrogen-bond acceptors (Lipinski definition) is 2. The minimum Gasteiger partial charge on any atom is -0.507 e. The normalized spacial score (nSPS) is 11.2. The average Bonchev–Trinajstić information content (AvgIpc) is 2.64. The Morgan fingerprint density at radius 2 is 1.19 bits per heavy atom. The van der Waals surface area contributed by atoms with Crippen LogP contribution in [0, 0.1) is 0 Å². The first-order chi connectivity index (χ1) is 12.5. The molecule has 0 unspecified atom stereocenters. The monoisotopic (exact) mass is 345 g/mol. The van der Waals surface area contributed by atoms with Crippen molar-refractivity contribution in [2.75, 3.05) is 0 Å². The summed E-state index contributed by atoms with van der Waals surface area (Å²) < 4.78 is 0. The molecule has 0 saturated heterocycles. The van der Waals surface area contributed by atoms with Crippen molar-refractivity contribution in [2.24, 2.45) is 27.2 Å². The van der Waals surface area contributed by atoms with Crippen molar-refractivity contribution in [1.29, 1.82) is 0 Å². The lowest BCUT2D eigenvalue weighted by molar-refractivity contribution is 0.479. The topological polar surface area (TPSA) is 123 Å². The number of benzene rings is 3. The maximum atomic E-state index is 10.9. The van der Waals surface area contributed by atoms with Crippen LogP contribution < -0.4 is 17.2 Å². The van der Waals surface area contributed by atoms with Crippen LogP contribution in [0.5, 0.6) is 5.75 Å². The van der Waals surface area contributed by atoms with Gasteiger partial charge >= 0.3 is 0 Å². The third-order valence-electron chi connectivity index (χ3n) is 3.75. The first kappa shape index (κ1) is 17.0. The highest BCUT2D eigenvalue weighted by Gasteiger charge is 2.13. The van der Waals surface area contributed by atoms with Crippen molar-refractivity contribution in [3.63, 3.8) is 0 Å². The van der Waals surface area contributed by atoms with E-state index in [0.29, 0.717) is 16.8 Å². The largest absolute Gasteiger partial charge is 0.507 e. The highest BCUT2D eigenvalue weighted by molar-refractivity contribution is 5.94. The number of hydrogen-bond donors (Lipinski definition) is 4. The molecule has 0 aliphatic heterocycles. The second-order valence-electron chi connectivity index (χ2n) is 5.63. The van der Waals surface area contributed by atoms with Crippen molar-refractivity contribution in [3.8, 4) is 28.0 Å². The molecule has 0 saturated carbocycles. The first-order valence-corrected chi connectivity index (χ1v) is 7.96. The summed E-state index contributed by atoms with van der Waals surface area (Å²) >= 11 is 0. The van der Waals surface area contributed by atoms with E-state index in [1.165, 1.54) is 0 Å². The Kier molecular flexibility index (Phi) is 4.85. The molecule has 0 heterocycles. The van der Waals surface area contributed by atoms with Crippen molar-refractivity contribution in [3.05, 3.63) is 72.8 Å². The molecule has 0 spiro atoms. The maximum Gasteiger partial charge on any atom is 0.223 e. The smallest absolute Gasteiger partial charge is 0.223 e. The molecular weight excluding hydrogens is 326 g/mol. The number of phenols is 1. The molecule has 3 aromatic rings. The van der Waals surface area contributed by atoms with E-state index < -0.39 is 0 Å². The predicted octanol–water partition coefficient (Wildman–Crippen LogP) is 2.95. The van der Waals surface area contributed by atoms with Crippen LogP contribution in [-0.4, -0.2) is 17.0 Å². The molecule has 6 nitrogen and oxygen atoms in total. The van der Waals surface area contributed by atoms with Crippen LogP contribution in [0.3, 0.4) is 0 Å². The predicted molar refractivity (Wildman–Crippen MR) is 106 cm³/mol. The summed E-state index contributed by atoms with van der Waals surface area (Å²) in [5, 5.41) is 10.9. The first-order valence-electron chi connectivity index (χ1n) is 7.96. The van der Waals surface area contributed by atoms with Crippen LogP contribution in [0.4, 0.5) is 5.69 Å². The van der Waals surface area contributed by atoms with Crippen LogP contribution in [0.25, 0.3) is 22.3 Å². The van der Waals surface area contributed by atoms with Gasteiger partial charge in [-0.3, -0.25) is 0 Å². The van der Waals surface area contributed by atoms with Crippen molar-refractivity contribution >= 4 is 17.6 Å². The quantitative estimate of drug-likeness (QED) is 0.430. The van der Waals surface area contributed by atoms with E-state index in [2.05, 4.69) is 9.98 Å². The summed E-state index contributed by atoms with van der Waals surface area (Å²) in [6.07, 6.45) is 0. The molecule has 6 heteroatoms. The van der Waals surface area contributed by atoms with E-state index in [-0.39, 0.29) is 17.7 Å². The van der Waals surface area contributed by atoms with Gasteiger partial charge < -0.3 is 22.3 Å². The number of nitrogens with zero attached hydrogens (tertiary/aromatic N) is 2. The highest BCUT2D eigenvalue weighted by atomic mass is 16.3. The lowest BCUT2D eigenvalue weighted by atomic mass is 9.96. The van der Waals surface area contributed by atoms with Gasteiger partial charge in [0, 0.05) is 11.1 Å². The summed E-state index contributed by atoms with van der Waals surface area (Å²) in [4.78, 5) is 7.99. The Labute approximate surface area is 151 Å². The molecule has 0 aliphatic carbocycles. The molecule has 0 aromatic heterocycles. The van der Waals surface area contributed by atoms with Gasteiger partial charge in [0.25, 0.3) is 0 Å². The molecular formula is C20H19N5O. The third-order valence-corrected chi connectivity index (χ3v) is 3.75. The van der Waals surface area contributed by atoms with Gasteiger partial charge in [0.2, 0.25) is 5.96 Å². The minimum atomic E-state index is -0.170. The second kappa shape index (κ2) is 7.40. The fraction of sp³-hybridized carbons (Fsp3) is 0. The summed E-state index contributed by atoms with van der Waals surface area (Å²) in [6, 6.07) is 22.6.